The Bertz CT molecular complexity index is 1020. The number of alkyl halides is 3. The van der Waals surface area contributed by atoms with Gasteiger partial charge < -0.3 is 10.2 Å². The van der Waals surface area contributed by atoms with E-state index in [2.05, 4.69) is 25.6 Å². The number of anilines is 2. The van der Waals surface area contributed by atoms with E-state index in [4.69, 9.17) is 0 Å². The Morgan fingerprint density at radius 1 is 1.32 bits per heavy atom. The third-order valence-electron chi connectivity index (χ3n) is 4.61. The molecule has 11 heteroatoms. The van der Waals surface area contributed by atoms with Gasteiger partial charge in [0, 0.05) is 18.9 Å². The lowest BCUT2D eigenvalue weighted by Crippen LogP contribution is -2.41. The van der Waals surface area contributed by atoms with Gasteiger partial charge in [-0.25, -0.2) is 9.50 Å². The highest BCUT2D eigenvalue weighted by molar-refractivity contribution is 6.08. The minimum atomic E-state index is -4.34. The van der Waals surface area contributed by atoms with Crippen LogP contribution >= 0.6 is 0 Å². The number of hydrogen-bond acceptors (Lipinski definition) is 6. The third-order valence-corrected chi connectivity index (χ3v) is 4.61. The van der Waals surface area contributed by atoms with Crippen LogP contribution in [0.3, 0.4) is 0 Å². The molecule has 4 rings (SSSR count). The van der Waals surface area contributed by atoms with Gasteiger partial charge >= 0.3 is 6.18 Å². The van der Waals surface area contributed by atoms with E-state index in [0.717, 1.165) is 0 Å². The van der Waals surface area contributed by atoms with E-state index >= 15 is 0 Å². The molecule has 1 saturated heterocycles. The molecule has 1 aliphatic rings. The first kappa shape index (κ1) is 18.1. The molecule has 0 aliphatic carbocycles. The van der Waals surface area contributed by atoms with Crippen molar-refractivity contribution in [3.63, 3.8) is 0 Å². The molecule has 28 heavy (non-hydrogen) atoms. The summed E-state index contributed by atoms with van der Waals surface area (Å²) in [5.41, 5.74) is 0.763. The first-order valence-electron chi connectivity index (χ1n) is 8.63. The summed E-state index contributed by atoms with van der Waals surface area (Å²) in [4.78, 5) is 18.3. The SMILES string of the molecule is Cc1nn2ccc(N3CCCC3C(F)(F)F)nc2c1C(=O)Nc1cccnn1. The number of aryl methyl sites for hydroxylation is 1. The van der Waals surface area contributed by atoms with Crippen LogP contribution in [-0.4, -0.2) is 49.5 Å². The number of carbonyl (C=O) groups is 1. The molecule has 0 bridgehead atoms. The Morgan fingerprint density at radius 2 is 2.14 bits per heavy atom. The average Bonchev–Trinajstić information content (AvgIpc) is 3.25. The van der Waals surface area contributed by atoms with Crippen LogP contribution in [0.2, 0.25) is 0 Å². The molecule has 8 nitrogen and oxygen atoms in total. The van der Waals surface area contributed by atoms with Crippen molar-refractivity contribution in [1.29, 1.82) is 0 Å². The minimum absolute atomic E-state index is 0.0225. The van der Waals surface area contributed by atoms with E-state index in [1.807, 2.05) is 0 Å². The Labute approximate surface area is 157 Å². The van der Waals surface area contributed by atoms with E-state index < -0.39 is 18.1 Å². The molecule has 4 heterocycles. The second-order valence-corrected chi connectivity index (χ2v) is 6.47. The number of fused-ring (bicyclic) bond motifs is 1. The number of nitrogens with zero attached hydrogens (tertiary/aromatic N) is 6. The molecule has 1 fully saturated rings. The highest BCUT2D eigenvalue weighted by Gasteiger charge is 2.46. The third kappa shape index (κ3) is 3.23. The van der Waals surface area contributed by atoms with Gasteiger partial charge in [0.25, 0.3) is 5.91 Å². The van der Waals surface area contributed by atoms with Gasteiger partial charge in [0.1, 0.15) is 17.4 Å². The minimum Gasteiger partial charge on any atom is -0.344 e. The van der Waals surface area contributed by atoms with E-state index in [-0.39, 0.29) is 35.8 Å². The average molecular weight is 391 g/mol. The van der Waals surface area contributed by atoms with Crippen LogP contribution in [0.5, 0.6) is 0 Å². The maximum atomic E-state index is 13.3. The Hall–Kier alpha value is -3.24. The van der Waals surface area contributed by atoms with E-state index in [9.17, 15) is 18.0 Å². The Kier molecular flexibility index (Phi) is 4.36. The van der Waals surface area contributed by atoms with Crippen molar-refractivity contribution >= 4 is 23.2 Å². The van der Waals surface area contributed by atoms with Crippen molar-refractivity contribution in [1.82, 2.24) is 24.8 Å². The number of aromatic nitrogens is 5. The van der Waals surface area contributed by atoms with Gasteiger partial charge in [0.2, 0.25) is 0 Å². The first-order valence-corrected chi connectivity index (χ1v) is 8.63. The largest absolute Gasteiger partial charge is 0.408 e. The smallest absolute Gasteiger partial charge is 0.344 e. The molecule has 1 aliphatic heterocycles. The number of carbonyl (C=O) groups excluding carboxylic acids is 1. The molecule has 0 aromatic carbocycles. The zero-order valence-electron chi connectivity index (χ0n) is 14.8. The van der Waals surface area contributed by atoms with Gasteiger partial charge in [-0.15, -0.1) is 5.10 Å². The monoisotopic (exact) mass is 391 g/mol. The van der Waals surface area contributed by atoms with Crippen molar-refractivity contribution < 1.29 is 18.0 Å². The topological polar surface area (TPSA) is 88.3 Å². The highest BCUT2D eigenvalue weighted by atomic mass is 19.4. The lowest BCUT2D eigenvalue weighted by molar-refractivity contribution is -0.146. The Balaban J connectivity index is 1.71. The maximum Gasteiger partial charge on any atom is 0.408 e. The molecule has 3 aromatic rings. The van der Waals surface area contributed by atoms with Crippen LogP contribution < -0.4 is 10.2 Å². The first-order chi connectivity index (χ1) is 13.3. The predicted molar refractivity (Wildman–Crippen MR) is 94.1 cm³/mol. The van der Waals surface area contributed by atoms with Crippen molar-refractivity contribution in [3.05, 3.63) is 41.9 Å². The summed E-state index contributed by atoms with van der Waals surface area (Å²) in [6.07, 6.45) is -0.913. The van der Waals surface area contributed by atoms with Crippen molar-refractivity contribution in [2.24, 2.45) is 0 Å². The second kappa shape index (κ2) is 6.73. The van der Waals surface area contributed by atoms with E-state index in [1.165, 1.54) is 27.9 Å². The molecule has 146 valence electrons. The fourth-order valence-electron chi connectivity index (χ4n) is 3.38. The summed E-state index contributed by atoms with van der Waals surface area (Å²) in [5, 5.41) is 14.3. The molecule has 1 atom stereocenters. The normalized spacial score (nSPS) is 17.3. The molecule has 1 unspecified atom stereocenters. The molecular weight excluding hydrogens is 375 g/mol. The summed E-state index contributed by atoms with van der Waals surface area (Å²) < 4.78 is 41.3. The lowest BCUT2D eigenvalue weighted by Gasteiger charge is -2.27. The van der Waals surface area contributed by atoms with Crippen LogP contribution in [0.25, 0.3) is 5.65 Å². The van der Waals surface area contributed by atoms with Crippen LogP contribution in [0.15, 0.2) is 30.6 Å². The van der Waals surface area contributed by atoms with Crippen molar-refractivity contribution in [3.8, 4) is 0 Å². The van der Waals surface area contributed by atoms with Gasteiger partial charge in [-0.2, -0.15) is 23.4 Å². The number of halogens is 3. The fraction of sp³-hybridized carbons (Fsp3) is 0.353. The fourth-order valence-corrected chi connectivity index (χ4v) is 3.38. The van der Waals surface area contributed by atoms with Gasteiger partial charge in [-0.05, 0) is 38.0 Å². The van der Waals surface area contributed by atoms with Crippen LogP contribution in [0, 0.1) is 6.92 Å². The number of rotatable bonds is 3. The van der Waals surface area contributed by atoms with Gasteiger partial charge in [0.15, 0.2) is 11.5 Å². The molecule has 0 saturated carbocycles. The van der Waals surface area contributed by atoms with E-state index in [0.29, 0.717) is 12.1 Å². The van der Waals surface area contributed by atoms with Gasteiger partial charge in [0.05, 0.1) is 5.69 Å². The zero-order chi connectivity index (χ0) is 19.9. The second-order valence-electron chi connectivity index (χ2n) is 6.47. The summed E-state index contributed by atoms with van der Waals surface area (Å²) in [7, 11) is 0. The summed E-state index contributed by atoms with van der Waals surface area (Å²) in [6, 6.07) is 3.09. The molecule has 3 aromatic heterocycles. The summed E-state index contributed by atoms with van der Waals surface area (Å²) in [5.74, 6) is -0.0914. The van der Waals surface area contributed by atoms with Gasteiger partial charge in [-0.1, -0.05) is 0 Å². The van der Waals surface area contributed by atoms with Crippen LogP contribution in [0.4, 0.5) is 24.8 Å². The summed E-state index contributed by atoms with van der Waals surface area (Å²) >= 11 is 0. The van der Waals surface area contributed by atoms with Crippen molar-refractivity contribution in [2.75, 3.05) is 16.8 Å². The zero-order valence-corrected chi connectivity index (χ0v) is 14.8. The molecular formula is C17H16F3N7O. The molecule has 0 radical (unpaired) electrons. The molecule has 1 N–H and O–H groups in total. The predicted octanol–water partition coefficient (Wildman–Crippen LogP) is 2.61. The molecule has 0 spiro atoms. The Morgan fingerprint density at radius 3 is 2.86 bits per heavy atom. The number of amides is 1. The number of hydrogen-bond donors (Lipinski definition) is 1. The standard InChI is InChI=1S/C17H16F3N7O/c1-10-14(16(28)22-12-5-2-7-21-24-12)15-23-13(6-9-27(15)25-10)26-8-3-4-11(26)17(18,19)20/h2,5-7,9,11H,3-4,8H2,1H3,(H,22,24,28). The summed E-state index contributed by atoms with van der Waals surface area (Å²) in [6.45, 7) is 1.88. The number of nitrogens with one attached hydrogen (secondary N) is 1. The lowest BCUT2D eigenvalue weighted by atomic mass is 10.2. The van der Waals surface area contributed by atoms with E-state index in [1.54, 1.807) is 19.1 Å². The van der Waals surface area contributed by atoms with Gasteiger partial charge in [-0.3, -0.25) is 4.79 Å². The maximum absolute atomic E-state index is 13.3. The molecule has 1 amide bonds. The highest BCUT2D eigenvalue weighted by Crippen LogP contribution is 2.35. The van der Waals surface area contributed by atoms with Crippen molar-refractivity contribution in [2.45, 2.75) is 32.0 Å². The van der Waals surface area contributed by atoms with Crippen LogP contribution in [0.1, 0.15) is 28.9 Å². The quantitative estimate of drug-likeness (QED) is 0.738. The van der Waals surface area contributed by atoms with Crippen LogP contribution in [-0.2, 0) is 0 Å².